The second kappa shape index (κ2) is 5.08. The van der Waals surface area contributed by atoms with Crippen molar-refractivity contribution in [3.05, 3.63) is 0 Å². The van der Waals surface area contributed by atoms with Crippen LogP contribution in [-0.2, 0) is 4.79 Å². The van der Waals surface area contributed by atoms with E-state index in [1.165, 1.54) is 0 Å². The summed E-state index contributed by atoms with van der Waals surface area (Å²) in [6.07, 6.45) is -1.72. The minimum atomic E-state index is -1.72. The van der Waals surface area contributed by atoms with Crippen LogP contribution in [0.3, 0.4) is 0 Å². The molecule has 4 N–H and O–H groups in total. The molecule has 0 radical (unpaired) electrons. The summed E-state index contributed by atoms with van der Waals surface area (Å²) in [6, 6.07) is -1.00. The molecule has 0 saturated heterocycles. The summed E-state index contributed by atoms with van der Waals surface area (Å²) < 4.78 is 0. The van der Waals surface area contributed by atoms with Crippen LogP contribution >= 0.6 is 0 Å². The highest BCUT2D eigenvalue weighted by Crippen LogP contribution is 1.94. The van der Waals surface area contributed by atoms with Gasteiger partial charge in [0.2, 0.25) is 5.91 Å². The van der Waals surface area contributed by atoms with Gasteiger partial charge in [-0.05, 0) is 0 Å². The molecule has 1 unspecified atom stereocenters. The second-order valence-corrected chi connectivity index (χ2v) is 2.87. The molecule has 0 aromatic carbocycles. The van der Waals surface area contributed by atoms with Gasteiger partial charge in [-0.2, -0.15) is 0 Å². The second-order valence-electron chi connectivity index (χ2n) is 2.87. The lowest BCUT2D eigenvalue weighted by molar-refractivity contribution is -0.131. The molecule has 0 aliphatic heterocycles. The Kier molecular flexibility index (Phi) is 4.80. The summed E-state index contributed by atoms with van der Waals surface area (Å²) in [4.78, 5) is 11.0. The Hall–Kier alpha value is -0.650. The van der Waals surface area contributed by atoms with Gasteiger partial charge < -0.3 is 20.6 Å². The number of aliphatic hydroxyl groups is 3. The average molecular weight is 177 g/mol. The number of carbonyl (C=O) groups is 1. The Morgan fingerprint density at radius 2 is 1.92 bits per heavy atom. The molecule has 1 atom stereocenters. The fourth-order valence-corrected chi connectivity index (χ4v) is 0.564. The van der Waals surface area contributed by atoms with Gasteiger partial charge in [-0.1, -0.05) is 13.8 Å². The normalized spacial score (nSPS) is 13.6. The quantitative estimate of drug-likeness (QED) is 0.390. The molecule has 0 heterocycles. The lowest BCUT2D eigenvalue weighted by Crippen LogP contribution is -2.47. The van der Waals surface area contributed by atoms with Crippen molar-refractivity contribution in [2.45, 2.75) is 26.2 Å². The van der Waals surface area contributed by atoms with E-state index in [2.05, 4.69) is 5.32 Å². The van der Waals surface area contributed by atoms with E-state index in [0.717, 1.165) is 0 Å². The van der Waals surface area contributed by atoms with Crippen molar-refractivity contribution < 1.29 is 20.1 Å². The molecular formula is C7H15NO4. The predicted molar refractivity (Wildman–Crippen MR) is 42.1 cm³/mol. The van der Waals surface area contributed by atoms with Crippen molar-refractivity contribution in [2.24, 2.45) is 5.92 Å². The molecular weight excluding hydrogens is 162 g/mol. The Morgan fingerprint density at radius 3 is 2.17 bits per heavy atom. The first kappa shape index (κ1) is 11.4. The molecule has 0 aromatic heterocycles. The third-order valence-electron chi connectivity index (χ3n) is 1.41. The van der Waals surface area contributed by atoms with Crippen LogP contribution in [0, 0.1) is 5.92 Å². The first-order valence-corrected chi connectivity index (χ1v) is 3.76. The molecule has 0 aliphatic carbocycles. The van der Waals surface area contributed by atoms with Crippen LogP contribution in [0.2, 0.25) is 0 Å². The minimum absolute atomic E-state index is 0.238. The van der Waals surface area contributed by atoms with E-state index in [1.807, 2.05) is 0 Å². The average Bonchev–Trinajstić information content (AvgIpc) is 1.98. The molecule has 0 bridgehead atoms. The fourth-order valence-electron chi connectivity index (χ4n) is 0.564. The van der Waals surface area contributed by atoms with Gasteiger partial charge in [0.1, 0.15) is 6.04 Å². The molecule has 0 fully saturated rings. The van der Waals surface area contributed by atoms with Crippen LogP contribution in [0.4, 0.5) is 0 Å². The van der Waals surface area contributed by atoms with E-state index in [-0.39, 0.29) is 11.8 Å². The number of nitrogens with one attached hydrogen (secondary N) is 1. The number of hydrogen-bond acceptors (Lipinski definition) is 4. The number of rotatable bonds is 4. The highest BCUT2D eigenvalue weighted by molar-refractivity contribution is 5.78. The summed E-state index contributed by atoms with van der Waals surface area (Å²) >= 11 is 0. The standard InChI is InChI=1S/C7H15NO4/c1-4(2)6(10)8-5(3-9)7(11)12/h4-5,7,9,11-12H,3H2,1-2H3,(H,8,10). The summed E-state index contributed by atoms with van der Waals surface area (Å²) in [5.74, 6) is -0.556. The van der Waals surface area contributed by atoms with E-state index in [4.69, 9.17) is 15.3 Å². The highest BCUT2D eigenvalue weighted by atomic mass is 16.5. The summed E-state index contributed by atoms with van der Waals surface area (Å²) in [6.45, 7) is 2.86. The maximum Gasteiger partial charge on any atom is 0.223 e. The van der Waals surface area contributed by atoms with Crippen molar-refractivity contribution in [1.82, 2.24) is 5.32 Å². The van der Waals surface area contributed by atoms with Crippen molar-refractivity contribution in [3.63, 3.8) is 0 Å². The van der Waals surface area contributed by atoms with E-state index in [9.17, 15) is 4.79 Å². The van der Waals surface area contributed by atoms with Crippen LogP contribution in [0.5, 0.6) is 0 Å². The number of carbonyl (C=O) groups excluding carboxylic acids is 1. The molecule has 0 spiro atoms. The molecule has 0 aliphatic rings. The first-order valence-electron chi connectivity index (χ1n) is 3.76. The number of hydrogen-bond donors (Lipinski definition) is 4. The zero-order valence-corrected chi connectivity index (χ0v) is 7.19. The largest absolute Gasteiger partial charge is 0.394 e. The number of aliphatic hydroxyl groups excluding tert-OH is 2. The van der Waals surface area contributed by atoms with Gasteiger partial charge in [0, 0.05) is 5.92 Å². The van der Waals surface area contributed by atoms with Gasteiger partial charge in [0.15, 0.2) is 6.29 Å². The fraction of sp³-hybridized carbons (Fsp3) is 0.857. The van der Waals surface area contributed by atoms with E-state index in [0.29, 0.717) is 0 Å². The Bertz CT molecular complexity index is 146. The molecule has 0 saturated carbocycles. The smallest absolute Gasteiger partial charge is 0.223 e. The van der Waals surface area contributed by atoms with Gasteiger partial charge in [0.25, 0.3) is 0 Å². The maximum atomic E-state index is 11.0. The van der Waals surface area contributed by atoms with Crippen LogP contribution < -0.4 is 5.32 Å². The summed E-state index contributed by atoms with van der Waals surface area (Å²) in [5, 5.41) is 28.1. The Labute approximate surface area is 71.0 Å². The lowest BCUT2D eigenvalue weighted by Gasteiger charge is -2.18. The highest BCUT2D eigenvalue weighted by Gasteiger charge is 2.19. The minimum Gasteiger partial charge on any atom is -0.394 e. The van der Waals surface area contributed by atoms with Crippen molar-refractivity contribution in [1.29, 1.82) is 0 Å². The molecule has 0 rings (SSSR count). The Morgan fingerprint density at radius 1 is 1.42 bits per heavy atom. The van der Waals surface area contributed by atoms with Crippen molar-refractivity contribution in [3.8, 4) is 0 Å². The molecule has 1 amide bonds. The van der Waals surface area contributed by atoms with Crippen LogP contribution in [0.15, 0.2) is 0 Å². The van der Waals surface area contributed by atoms with Gasteiger partial charge >= 0.3 is 0 Å². The van der Waals surface area contributed by atoms with Crippen molar-refractivity contribution in [2.75, 3.05) is 6.61 Å². The van der Waals surface area contributed by atoms with Crippen LogP contribution in [0.1, 0.15) is 13.8 Å². The molecule has 5 nitrogen and oxygen atoms in total. The van der Waals surface area contributed by atoms with Crippen LogP contribution in [0.25, 0.3) is 0 Å². The van der Waals surface area contributed by atoms with Gasteiger partial charge in [0.05, 0.1) is 6.61 Å². The molecule has 5 heteroatoms. The molecule has 0 aromatic rings. The van der Waals surface area contributed by atoms with Crippen molar-refractivity contribution >= 4 is 5.91 Å². The van der Waals surface area contributed by atoms with E-state index < -0.39 is 18.9 Å². The zero-order chi connectivity index (χ0) is 9.72. The van der Waals surface area contributed by atoms with Gasteiger partial charge in [-0.15, -0.1) is 0 Å². The topological polar surface area (TPSA) is 89.8 Å². The summed E-state index contributed by atoms with van der Waals surface area (Å²) in [7, 11) is 0. The maximum absolute atomic E-state index is 11.0. The third-order valence-corrected chi connectivity index (χ3v) is 1.41. The van der Waals surface area contributed by atoms with Crippen LogP contribution in [-0.4, -0.2) is 40.2 Å². The molecule has 72 valence electrons. The number of amides is 1. The van der Waals surface area contributed by atoms with E-state index in [1.54, 1.807) is 13.8 Å². The summed E-state index contributed by atoms with van der Waals surface area (Å²) in [5.41, 5.74) is 0. The SMILES string of the molecule is CC(C)C(=O)NC(CO)C(O)O. The van der Waals surface area contributed by atoms with Gasteiger partial charge in [-0.3, -0.25) is 4.79 Å². The van der Waals surface area contributed by atoms with E-state index >= 15 is 0 Å². The molecule has 12 heavy (non-hydrogen) atoms. The first-order chi connectivity index (χ1) is 5.49. The third kappa shape index (κ3) is 3.66. The predicted octanol–water partition coefficient (Wildman–Crippen LogP) is -1.57. The Balaban J connectivity index is 3.94. The monoisotopic (exact) mass is 177 g/mol. The lowest BCUT2D eigenvalue weighted by atomic mass is 10.2. The zero-order valence-electron chi connectivity index (χ0n) is 7.19. The van der Waals surface area contributed by atoms with Gasteiger partial charge in [-0.25, -0.2) is 0 Å².